The fraction of sp³-hybridized carbons (Fsp3) is 0.900. The van der Waals surface area contributed by atoms with Gasteiger partial charge in [-0.2, -0.15) is 0 Å². The Balaban J connectivity index is 3.88. The van der Waals surface area contributed by atoms with E-state index in [1.54, 1.807) is 0 Å². The third-order valence-electron chi connectivity index (χ3n) is 1.87. The van der Waals surface area contributed by atoms with Gasteiger partial charge in [-0.3, -0.25) is 0 Å². The summed E-state index contributed by atoms with van der Waals surface area (Å²) in [6, 6.07) is 0. The molecule has 0 amide bonds. The van der Waals surface area contributed by atoms with Crippen molar-refractivity contribution in [1.82, 2.24) is 0 Å². The summed E-state index contributed by atoms with van der Waals surface area (Å²) in [7, 11) is 0. The molecule has 0 bridgehead atoms. The molecular formula is C10H20O3. The number of aliphatic hydroxyl groups excluding tert-OH is 1. The molecule has 2 atom stereocenters. The smallest absolute Gasteiger partial charge is 0.332 e. The van der Waals surface area contributed by atoms with E-state index in [0.717, 1.165) is 6.42 Å². The van der Waals surface area contributed by atoms with Gasteiger partial charge < -0.3 is 10.2 Å². The van der Waals surface area contributed by atoms with E-state index in [1.807, 2.05) is 6.92 Å². The molecule has 0 aliphatic carbocycles. The Kier molecular flexibility index (Phi) is 4.40. The number of carboxylic acid groups (broad SMARTS) is 1. The fourth-order valence-corrected chi connectivity index (χ4v) is 1.61. The summed E-state index contributed by atoms with van der Waals surface area (Å²) in [6.45, 7) is 8.29. The highest BCUT2D eigenvalue weighted by atomic mass is 16.4. The number of aliphatic hydroxyl groups is 1. The molecule has 0 aromatic rings. The molecule has 0 aromatic heterocycles. The summed E-state index contributed by atoms with van der Waals surface area (Å²) in [5, 5.41) is 17.6. The molecule has 0 aliphatic heterocycles. The Bertz CT molecular complexity index is 169. The van der Waals surface area contributed by atoms with Gasteiger partial charge in [-0.05, 0) is 24.2 Å². The first-order valence-corrected chi connectivity index (χ1v) is 4.63. The first-order valence-electron chi connectivity index (χ1n) is 4.63. The van der Waals surface area contributed by atoms with E-state index in [-0.39, 0.29) is 11.3 Å². The molecule has 0 aliphatic rings. The number of rotatable bonds is 4. The fourth-order valence-electron chi connectivity index (χ4n) is 1.61. The van der Waals surface area contributed by atoms with Crippen LogP contribution in [-0.4, -0.2) is 22.3 Å². The Morgan fingerprint density at radius 3 is 2.15 bits per heavy atom. The highest BCUT2D eigenvalue weighted by molar-refractivity contribution is 5.71. The van der Waals surface area contributed by atoms with Gasteiger partial charge in [-0.1, -0.05) is 27.7 Å². The third-order valence-corrected chi connectivity index (χ3v) is 1.87. The normalized spacial score (nSPS) is 16.7. The molecule has 0 saturated carbocycles. The van der Waals surface area contributed by atoms with E-state index < -0.39 is 12.1 Å². The van der Waals surface area contributed by atoms with Gasteiger partial charge in [0.2, 0.25) is 0 Å². The molecule has 2 N–H and O–H groups in total. The van der Waals surface area contributed by atoms with Gasteiger partial charge in [0.05, 0.1) is 0 Å². The molecule has 0 radical (unpaired) electrons. The average Bonchev–Trinajstić information content (AvgIpc) is 1.81. The maximum absolute atomic E-state index is 10.4. The molecule has 3 heteroatoms. The zero-order valence-corrected chi connectivity index (χ0v) is 8.87. The summed E-state index contributed by atoms with van der Waals surface area (Å²) in [5.41, 5.74) is 0.192. The van der Waals surface area contributed by atoms with Crippen LogP contribution in [0, 0.1) is 11.3 Å². The lowest BCUT2D eigenvalue weighted by Gasteiger charge is -2.23. The maximum Gasteiger partial charge on any atom is 0.332 e. The summed E-state index contributed by atoms with van der Waals surface area (Å²) in [6.07, 6.45) is 0.0570. The Hall–Kier alpha value is -0.570. The van der Waals surface area contributed by atoms with E-state index in [4.69, 9.17) is 10.2 Å². The van der Waals surface area contributed by atoms with Crippen LogP contribution in [0.1, 0.15) is 40.5 Å². The van der Waals surface area contributed by atoms with Gasteiger partial charge in [-0.25, -0.2) is 4.79 Å². The van der Waals surface area contributed by atoms with Crippen LogP contribution < -0.4 is 0 Å². The molecule has 78 valence electrons. The van der Waals surface area contributed by atoms with Crippen LogP contribution in [0.2, 0.25) is 0 Å². The van der Waals surface area contributed by atoms with Crippen LogP contribution in [-0.2, 0) is 4.79 Å². The van der Waals surface area contributed by atoms with Crippen molar-refractivity contribution in [2.24, 2.45) is 11.3 Å². The van der Waals surface area contributed by atoms with Crippen molar-refractivity contribution in [1.29, 1.82) is 0 Å². The Labute approximate surface area is 79.8 Å². The molecule has 0 saturated heterocycles. The van der Waals surface area contributed by atoms with E-state index in [1.165, 1.54) is 0 Å². The second-order valence-electron chi connectivity index (χ2n) is 4.96. The summed E-state index contributed by atoms with van der Waals surface area (Å²) in [4.78, 5) is 10.4. The second-order valence-corrected chi connectivity index (χ2v) is 4.96. The van der Waals surface area contributed by atoms with Crippen molar-refractivity contribution in [2.45, 2.75) is 46.6 Å². The number of hydrogen-bond donors (Lipinski definition) is 2. The van der Waals surface area contributed by atoms with Crippen molar-refractivity contribution < 1.29 is 15.0 Å². The number of carboxylic acids is 1. The van der Waals surface area contributed by atoms with Gasteiger partial charge in [-0.15, -0.1) is 0 Å². The van der Waals surface area contributed by atoms with Gasteiger partial charge in [0, 0.05) is 0 Å². The number of carbonyl (C=O) groups is 1. The molecule has 13 heavy (non-hydrogen) atoms. The summed E-state index contributed by atoms with van der Waals surface area (Å²) < 4.78 is 0. The molecule has 0 aromatic carbocycles. The SMILES string of the molecule is C[C@@H](C[C@@H](O)C(=O)O)CC(C)(C)C. The third kappa shape index (κ3) is 6.58. The van der Waals surface area contributed by atoms with Crippen molar-refractivity contribution in [3.05, 3.63) is 0 Å². The summed E-state index contributed by atoms with van der Waals surface area (Å²) >= 11 is 0. The van der Waals surface area contributed by atoms with Gasteiger partial charge in [0.1, 0.15) is 0 Å². The van der Waals surface area contributed by atoms with Gasteiger partial charge >= 0.3 is 5.97 Å². The van der Waals surface area contributed by atoms with Gasteiger partial charge in [0.25, 0.3) is 0 Å². The highest BCUT2D eigenvalue weighted by Gasteiger charge is 2.21. The van der Waals surface area contributed by atoms with Crippen LogP contribution >= 0.6 is 0 Å². The van der Waals surface area contributed by atoms with Crippen molar-refractivity contribution >= 4 is 5.97 Å². The van der Waals surface area contributed by atoms with Crippen LogP contribution in [0.25, 0.3) is 0 Å². The lowest BCUT2D eigenvalue weighted by Crippen LogP contribution is -2.24. The minimum absolute atomic E-state index is 0.192. The minimum Gasteiger partial charge on any atom is -0.479 e. The lowest BCUT2D eigenvalue weighted by molar-refractivity contribution is -0.147. The molecular weight excluding hydrogens is 168 g/mol. The van der Waals surface area contributed by atoms with E-state index in [2.05, 4.69) is 20.8 Å². The minimum atomic E-state index is -1.21. The van der Waals surface area contributed by atoms with E-state index >= 15 is 0 Å². The van der Waals surface area contributed by atoms with Crippen LogP contribution in [0.4, 0.5) is 0 Å². The molecule has 3 nitrogen and oxygen atoms in total. The second kappa shape index (κ2) is 4.61. The van der Waals surface area contributed by atoms with Crippen molar-refractivity contribution in [3.8, 4) is 0 Å². The van der Waals surface area contributed by atoms with Crippen LogP contribution in [0.15, 0.2) is 0 Å². The maximum atomic E-state index is 10.4. The molecule has 0 heterocycles. The quantitative estimate of drug-likeness (QED) is 0.708. The van der Waals surface area contributed by atoms with Crippen LogP contribution in [0.5, 0.6) is 0 Å². The predicted molar refractivity (Wildman–Crippen MR) is 51.5 cm³/mol. The highest BCUT2D eigenvalue weighted by Crippen LogP contribution is 2.26. The van der Waals surface area contributed by atoms with Crippen molar-refractivity contribution in [3.63, 3.8) is 0 Å². The van der Waals surface area contributed by atoms with Crippen molar-refractivity contribution in [2.75, 3.05) is 0 Å². The summed E-state index contributed by atoms with van der Waals surface area (Å²) in [5.74, 6) is -0.883. The predicted octanol–water partition coefficient (Wildman–Crippen LogP) is 1.89. The Morgan fingerprint density at radius 1 is 1.38 bits per heavy atom. The van der Waals surface area contributed by atoms with Crippen LogP contribution in [0.3, 0.4) is 0 Å². The van der Waals surface area contributed by atoms with Gasteiger partial charge in [0.15, 0.2) is 6.10 Å². The van der Waals surface area contributed by atoms with E-state index in [9.17, 15) is 4.79 Å². The lowest BCUT2D eigenvalue weighted by atomic mass is 9.83. The zero-order valence-electron chi connectivity index (χ0n) is 8.87. The largest absolute Gasteiger partial charge is 0.479 e. The average molecular weight is 188 g/mol. The first kappa shape index (κ1) is 12.4. The number of aliphatic carboxylic acids is 1. The molecule has 0 unspecified atom stereocenters. The standard InChI is InChI=1S/C10H20O3/c1-7(6-10(2,3)4)5-8(11)9(12)13/h7-8,11H,5-6H2,1-4H3,(H,12,13)/t7-,8+/m0/s1. The number of hydrogen-bond acceptors (Lipinski definition) is 2. The zero-order chi connectivity index (χ0) is 10.6. The topological polar surface area (TPSA) is 57.5 Å². The molecule has 0 rings (SSSR count). The molecule has 0 fully saturated rings. The van der Waals surface area contributed by atoms with E-state index in [0.29, 0.717) is 6.42 Å². The first-order chi connectivity index (χ1) is 5.72. The Morgan fingerprint density at radius 2 is 1.85 bits per heavy atom. The molecule has 0 spiro atoms. The monoisotopic (exact) mass is 188 g/mol.